The topological polar surface area (TPSA) is 38.8 Å². The van der Waals surface area contributed by atoms with Crippen molar-refractivity contribution in [1.29, 1.82) is 0 Å². The summed E-state index contributed by atoms with van der Waals surface area (Å²) in [6, 6.07) is 3.18. The highest BCUT2D eigenvalue weighted by molar-refractivity contribution is 5.79. The van der Waals surface area contributed by atoms with Crippen LogP contribution in [-0.4, -0.2) is 18.7 Å². The number of carbonyl (C=O) groups excluding carboxylic acids is 1. The first-order chi connectivity index (χ1) is 7.99. The molecule has 1 heterocycles. The minimum absolute atomic E-state index is 0.164. The summed E-state index contributed by atoms with van der Waals surface area (Å²) in [7, 11) is 0. The third-order valence-corrected chi connectivity index (χ3v) is 2.77. The van der Waals surface area contributed by atoms with Crippen molar-refractivity contribution in [1.82, 2.24) is 0 Å². The van der Waals surface area contributed by atoms with E-state index in [9.17, 15) is 13.6 Å². The van der Waals surface area contributed by atoms with Crippen molar-refractivity contribution in [3.05, 3.63) is 35.4 Å². The lowest BCUT2D eigenvalue weighted by molar-refractivity contribution is -0.144. The van der Waals surface area contributed by atoms with Gasteiger partial charge in [-0.15, -0.1) is 0 Å². The van der Waals surface area contributed by atoms with Crippen LogP contribution in [0.2, 0.25) is 0 Å². The quantitative estimate of drug-likeness (QED) is 0.602. The summed E-state index contributed by atoms with van der Waals surface area (Å²) >= 11 is 0. The van der Waals surface area contributed by atoms with E-state index >= 15 is 0 Å². The van der Waals surface area contributed by atoms with Crippen LogP contribution in [0.25, 0.3) is 0 Å². The molecule has 0 N–H and O–H groups in total. The Labute approximate surface area is 97.3 Å². The Morgan fingerprint density at radius 2 is 2.24 bits per heavy atom. The van der Waals surface area contributed by atoms with Crippen LogP contribution >= 0.6 is 0 Å². The van der Waals surface area contributed by atoms with Crippen LogP contribution in [0.3, 0.4) is 0 Å². The molecule has 0 amide bonds. The van der Waals surface area contributed by atoms with E-state index in [1.165, 1.54) is 6.07 Å². The molecule has 0 aliphatic carbocycles. The zero-order valence-electron chi connectivity index (χ0n) is 9.50. The minimum Gasteiger partial charge on any atom is -0.464 e. The zero-order chi connectivity index (χ0) is 12.6. The Hall–Kier alpha value is -1.49. The summed E-state index contributed by atoms with van der Waals surface area (Å²) in [5.74, 6) is -1.92. The van der Waals surface area contributed by atoms with E-state index in [0.717, 1.165) is 12.1 Å². The smallest absolute Gasteiger partial charge is 0.338 e. The molecular weight excluding hydrogens is 230 g/mol. The molecule has 1 aliphatic heterocycles. The molecule has 17 heavy (non-hydrogen) atoms. The van der Waals surface area contributed by atoms with Gasteiger partial charge in [-0.2, -0.15) is 0 Å². The van der Waals surface area contributed by atoms with Crippen molar-refractivity contribution in [2.75, 3.05) is 6.61 Å². The number of carbonyl (C=O) groups is 1. The van der Waals surface area contributed by atoms with Gasteiger partial charge in [-0.05, 0) is 19.9 Å². The number of hydrogen-bond acceptors (Lipinski definition) is 3. The molecule has 1 fully saturated rings. The SMILES string of the molecule is CCOC(=O)C1OC1(C)c1ccc(F)cc1F. The lowest BCUT2D eigenvalue weighted by atomic mass is 9.97. The number of benzene rings is 1. The molecule has 3 nitrogen and oxygen atoms in total. The molecular formula is C12H12F2O3. The van der Waals surface area contributed by atoms with Gasteiger partial charge in [-0.25, -0.2) is 13.6 Å². The van der Waals surface area contributed by atoms with Gasteiger partial charge in [0.1, 0.15) is 17.2 Å². The Morgan fingerprint density at radius 1 is 1.53 bits per heavy atom. The summed E-state index contributed by atoms with van der Waals surface area (Å²) in [6.45, 7) is 3.49. The largest absolute Gasteiger partial charge is 0.464 e. The zero-order valence-corrected chi connectivity index (χ0v) is 9.50. The molecule has 0 spiro atoms. The van der Waals surface area contributed by atoms with Crippen molar-refractivity contribution < 1.29 is 23.0 Å². The number of ether oxygens (including phenoxy) is 2. The van der Waals surface area contributed by atoms with Crippen LogP contribution in [0.5, 0.6) is 0 Å². The van der Waals surface area contributed by atoms with Crippen molar-refractivity contribution >= 4 is 5.97 Å². The van der Waals surface area contributed by atoms with E-state index in [4.69, 9.17) is 9.47 Å². The second-order valence-corrected chi connectivity index (χ2v) is 3.98. The predicted molar refractivity (Wildman–Crippen MR) is 55.2 cm³/mol. The van der Waals surface area contributed by atoms with E-state index in [0.29, 0.717) is 0 Å². The molecule has 2 rings (SSSR count). The molecule has 2 atom stereocenters. The molecule has 92 valence electrons. The highest BCUT2D eigenvalue weighted by Gasteiger charge is 2.60. The van der Waals surface area contributed by atoms with E-state index in [-0.39, 0.29) is 12.2 Å². The Kier molecular flexibility index (Phi) is 2.87. The van der Waals surface area contributed by atoms with Gasteiger partial charge in [-0.1, -0.05) is 6.07 Å². The van der Waals surface area contributed by atoms with Gasteiger partial charge in [0.15, 0.2) is 6.10 Å². The molecule has 5 heteroatoms. The fourth-order valence-corrected chi connectivity index (χ4v) is 1.80. The Balaban J connectivity index is 2.22. The van der Waals surface area contributed by atoms with E-state index in [2.05, 4.69) is 0 Å². The van der Waals surface area contributed by atoms with E-state index in [1.807, 2.05) is 0 Å². The number of halogens is 2. The number of rotatable bonds is 3. The first-order valence-electron chi connectivity index (χ1n) is 5.29. The van der Waals surface area contributed by atoms with Gasteiger partial charge in [0.05, 0.1) is 6.61 Å². The third kappa shape index (κ3) is 2.02. The van der Waals surface area contributed by atoms with Crippen LogP contribution in [-0.2, 0) is 19.9 Å². The fourth-order valence-electron chi connectivity index (χ4n) is 1.80. The average Bonchev–Trinajstić information content (AvgIpc) is 2.92. The van der Waals surface area contributed by atoms with Crippen molar-refractivity contribution in [2.45, 2.75) is 25.6 Å². The van der Waals surface area contributed by atoms with Crippen LogP contribution in [0.1, 0.15) is 19.4 Å². The standard InChI is InChI=1S/C12H12F2O3/c1-3-16-11(15)10-12(2,17-10)8-5-4-7(13)6-9(8)14/h4-6,10H,3H2,1-2H3. The van der Waals surface area contributed by atoms with E-state index in [1.54, 1.807) is 13.8 Å². The van der Waals surface area contributed by atoms with Gasteiger partial charge in [0.25, 0.3) is 0 Å². The van der Waals surface area contributed by atoms with Crippen molar-refractivity contribution in [3.63, 3.8) is 0 Å². The Morgan fingerprint density at radius 3 is 2.82 bits per heavy atom. The lowest BCUT2D eigenvalue weighted by Crippen LogP contribution is -2.19. The molecule has 1 aromatic rings. The second kappa shape index (κ2) is 4.07. The number of epoxide rings is 1. The molecule has 0 radical (unpaired) electrons. The van der Waals surface area contributed by atoms with Gasteiger partial charge < -0.3 is 9.47 Å². The Bertz CT molecular complexity index is 461. The van der Waals surface area contributed by atoms with Crippen LogP contribution in [0.4, 0.5) is 8.78 Å². The molecule has 0 aromatic heterocycles. The van der Waals surface area contributed by atoms with Gasteiger partial charge in [-0.3, -0.25) is 0 Å². The maximum absolute atomic E-state index is 13.5. The van der Waals surface area contributed by atoms with Crippen LogP contribution in [0.15, 0.2) is 18.2 Å². The summed E-state index contributed by atoms with van der Waals surface area (Å²) in [4.78, 5) is 11.4. The van der Waals surface area contributed by atoms with E-state index < -0.39 is 29.3 Å². The first-order valence-corrected chi connectivity index (χ1v) is 5.29. The van der Waals surface area contributed by atoms with Crippen LogP contribution in [0, 0.1) is 11.6 Å². The number of esters is 1. The third-order valence-electron chi connectivity index (χ3n) is 2.77. The van der Waals surface area contributed by atoms with Crippen molar-refractivity contribution in [3.8, 4) is 0 Å². The molecule has 0 bridgehead atoms. The number of hydrogen-bond donors (Lipinski definition) is 0. The monoisotopic (exact) mass is 242 g/mol. The fraction of sp³-hybridized carbons (Fsp3) is 0.417. The summed E-state index contributed by atoms with van der Waals surface area (Å²) in [5, 5.41) is 0. The average molecular weight is 242 g/mol. The molecule has 1 saturated heterocycles. The molecule has 2 unspecified atom stereocenters. The lowest BCUT2D eigenvalue weighted by Gasteiger charge is -2.08. The highest BCUT2D eigenvalue weighted by Crippen LogP contribution is 2.47. The minimum atomic E-state index is -1.05. The first kappa shape index (κ1) is 12.0. The van der Waals surface area contributed by atoms with Gasteiger partial charge >= 0.3 is 5.97 Å². The van der Waals surface area contributed by atoms with Crippen LogP contribution < -0.4 is 0 Å². The summed E-state index contributed by atoms with van der Waals surface area (Å²) in [5.41, 5.74) is -0.888. The molecule has 0 saturated carbocycles. The molecule has 1 aliphatic rings. The van der Waals surface area contributed by atoms with Crippen molar-refractivity contribution in [2.24, 2.45) is 0 Å². The second-order valence-electron chi connectivity index (χ2n) is 3.98. The molecule has 1 aromatic carbocycles. The maximum Gasteiger partial charge on any atom is 0.338 e. The maximum atomic E-state index is 13.5. The van der Waals surface area contributed by atoms with Gasteiger partial charge in [0, 0.05) is 11.6 Å². The predicted octanol–water partition coefficient (Wildman–Crippen LogP) is 2.14. The summed E-state index contributed by atoms with van der Waals surface area (Å²) < 4.78 is 36.3. The normalized spacial score (nSPS) is 26.7. The highest BCUT2D eigenvalue weighted by atomic mass is 19.1. The van der Waals surface area contributed by atoms with Gasteiger partial charge in [0.2, 0.25) is 0 Å². The summed E-state index contributed by atoms with van der Waals surface area (Å²) in [6.07, 6.45) is -0.817.